The fraction of sp³-hybridized carbons (Fsp3) is 0.444. The number of nitrogens with one attached hydrogen (secondary N) is 1. The predicted molar refractivity (Wildman–Crippen MR) is 139 cm³/mol. The summed E-state index contributed by atoms with van der Waals surface area (Å²) in [6.07, 6.45) is 0.526. The number of rotatable bonds is 12. The summed E-state index contributed by atoms with van der Waals surface area (Å²) in [7, 11) is -2.38. The molecule has 0 spiro atoms. The number of ether oxygens (including phenoxy) is 1. The van der Waals surface area contributed by atoms with Crippen molar-refractivity contribution >= 4 is 27.7 Å². The van der Waals surface area contributed by atoms with Gasteiger partial charge in [0.15, 0.2) is 0 Å². The van der Waals surface area contributed by atoms with Crippen LogP contribution in [0.3, 0.4) is 0 Å². The molecule has 37 heavy (non-hydrogen) atoms. The molecule has 1 aliphatic rings. The van der Waals surface area contributed by atoms with Crippen LogP contribution in [0.2, 0.25) is 0 Å². The molecule has 2 aromatic rings. The molecule has 0 aromatic heterocycles. The largest absolute Gasteiger partial charge is 0.497 e. The second-order valence-electron chi connectivity index (χ2n) is 9.42. The molecule has 3 amide bonds. The third-order valence-electron chi connectivity index (χ3n) is 6.22. The van der Waals surface area contributed by atoms with Crippen LogP contribution in [0, 0.1) is 5.92 Å². The van der Waals surface area contributed by atoms with Gasteiger partial charge in [0.2, 0.25) is 11.8 Å². The predicted octanol–water partition coefficient (Wildman–Crippen LogP) is 3.20. The van der Waals surface area contributed by atoms with Crippen LogP contribution in [0.15, 0.2) is 53.4 Å². The first-order valence-electron chi connectivity index (χ1n) is 12.5. The number of amides is 3. The quantitative estimate of drug-likeness (QED) is 0.452. The maximum Gasteiger partial charge on any atom is 0.269 e. The van der Waals surface area contributed by atoms with Crippen LogP contribution < -0.4 is 10.1 Å². The van der Waals surface area contributed by atoms with E-state index in [0.717, 1.165) is 9.87 Å². The van der Waals surface area contributed by atoms with E-state index in [-0.39, 0.29) is 54.1 Å². The zero-order chi connectivity index (χ0) is 27.2. The van der Waals surface area contributed by atoms with Gasteiger partial charge in [-0.25, -0.2) is 12.7 Å². The summed E-state index contributed by atoms with van der Waals surface area (Å²) in [6.45, 7) is 6.39. The second kappa shape index (κ2) is 12.2. The standard InChI is InChI=1S/C27H35N3O6S/c1-5-23(26(32)28-17-19(2)3)29(18-20-10-8-11-21(16-20)36-4)25(31)14-9-15-30-27(33)22-12-6-7-13-24(22)37(30,34)35/h6-8,10-13,16,19,23H,5,9,14-15,17-18H2,1-4H3,(H,28,32). The fourth-order valence-corrected chi connectivity index (χ4v) is 5.89. The van der Waals surface area contributed by atoms with Crippen molar-refractivity contribution in [3.63, 3.8) is 0 Å². The highest BCUT2D eigenvalue weighted by Gasteiger charge is 2.40. The number of nitrogens with zero attached hydrogens (tertiary/aromatic N) is 2. The lowest BCUT2D eigenvalue weighted by Crippen LogP contribution is -2.49. The van der Waals surface area contributed by atoms with Gasteiger partial charge in [0.25, 0.3) is 15.9 Å². The molecule has 0 aliphatic carbocycles. The molecule has 0 bridgehead atoms. The van der Waals surface area contributed by atoms with Crippen molar-refractivity contribution < 1.29 is 27.5 Å². The van der Waals surface area contributed by atoms with Crippen molar-refractivity contribution in [3.8, 4) is 5.75 Å². The Morgan fingerprint density at radius 1 is 1.11 bits per heavy atom. The van der Waals surface area contributed by atoms with E-state index in [4.69, 9.17) is 4.74 Å². The number of fused-ring (bicyclic) bond motifs is 1. The summed E-state index contributed by atoms with van der Waals surface area (Å²) in [5.74, 6) is -0.223. The van der Waals surface area contributed by atoms with Crippen molar-refractivity contribution in [2.45, 2.75) is 57.5 Å². The summed E-state index contributed by atoms with van der Waals surface area (Å²) >= 11 is 0. The van der Waals surface area contributed by atoms with Crippen LogP contribution in [-0.2, 0) is 26.2 Å². The maximum atomic E-state index is 13.4. The van der Waals surface area contributed by atoms with E-state index in [1.807, 2.05) is 39.0 Å². The van der Waals surface area contributed by atoms with E-state index < -0.39 is 22.0 Å². The third kappa shape index (κ3) is 6.49. The first-order valence-corrected chi connectivity index (χ1v) is 13.9. The lowest BCUT2D eigenvalue weighted by atomic mass is 10.1. The summed E-state index contributed by atoms with van der Waals surface area (Å²) in [5, 5.41) is 2.91. The lowest BCUT2D eigenvalue weighted by Gasteiger charge is -2.31. The minimum Gasteiger partial charge on any atom is -0.497 e. The molecule has 1 unspecified atom stereocenters. The minimum absolute atomic E-state index is 0.0150. The number of methoxy groups -OCH3 is 1. The number of carbonyl (C=O) groups is 3. The molecular weight excluding hydrogens is 494 g/mol. The van der Waals surface area contributed by atoms with Crippen LogP contribution in [0.25, 0.3) is 0 Å². The van der Waals surface area contributed by atoms with E-state index in [9.17, 15) is 22.8 Å². The molecule has 0 fully saturated rings. The SMILES string of the molecule is CCC(C(=O)NCC(C)C)N(Cc1cccc(OC)c1)C(=O)CCCN1C(=O)c2ccccc2S1(=O)=O. The van der Waals surface area contributed by atoms with E-state index in [1.54, 1.807) is 25.3 Å². The van der Waals surface area contributed by atoms with Gasteiger partial charge in [-0.1, -0.05) is 45.0 Å². The van der Waals surface area contributed by atoms with Crippen LogP contribution in [0.5, 0.6) is 5.75 Å². The summed E-state index contributed by atoms with van der Waals surface area (Å²) in [4.78, 5) is 40.6. The molecule has 0 saturated heterocycles. The summed E-state index contributed by atoms with van der Waals surface area (Å²) in [6, 6.07) is 12.7. The van der Waals surface area contributed by atoms with Crippen LogP contribution in [0.1, 0.15) is 56.0 Å². The molecule has 0 saturated carbocycles. The van der Waals surface area contributed by atoms with Gasteiger partial charge in [-0.3, -0.25) is 14.4 Å². The van der Waals surface area contributed by atoms with Crippen molar-refractivity contribution in [2.24, 2.45) is 5.92 Å². The Bertz CT molecular complexity index is 1240. The van der Waals surface area contributed by atoms with Gasteiger partial charge in [-0.2, -0.15) is 0 Å². The topological polar surface area (TPSA) is 113 Å². The highest BCUT2D eigenvalue weighted by atomic mass is 32.2. The summed E-state index contributed by atoms with van der Waals surface area (Å²) < 4.78 is 31.8. The monoisotopic (exact) mass is 529 g/mol. The Labute approximate surface area is 218 Å². The normalized spacial score (nSPS) is 14.8. The zero-order valence-electron chi connectivity index (χ0n) is 21.8. The molecule has 1 heterocycles. The van der Waals surface area contributed by atoms with E-state index >= 15 is 0 Å². The Hall–Kier alpha value is -3.40. The molecule has 1 N–H and O–H groups in total. The van der Waals surface area contributed by atoms with Crippen molar-refractivity contribution in [2.75, 3.05) is 20.2 Å². The zero-order valence-corrected chi connectivity index (χ0v) is 22.6. The molecule has 10 heteroatoms. The molecule has 0 radical (unpaired) electrons. The van der Waals surface area contributed by atoms with E-state index in [1.165, 1.54) is 17.0 Å². The number of sulfonamides is 1. The Kier molecular flexibility index (Phi) is 9.31. The maximum absolute atomic E-state index is 13.4. The number of hydrogen-bond donors (Lipinski definition) is 1. The third-order valence-corrected chi connectivity index (χ3v) is 8.06. The second-order valence-corrected chi connectivity index (χ2v) is 11.2. The average Bonchev–Trinajstić information content (AvgIpc) is 3.07. The first-order chi connectivity index (χ1) is 17.6. The molecule has 3 rings (SSSR count). The van der Waals surface area contributed by atoms with Crippen LogP contribution in [-0.4, -0.2) is 61.6 Å². The molecular formula is C27H35N3O6S. The Morgan fingerprint density at radius 2 is 1.84 bits per heavy atom. The lowest BCUT2D eigenvalue weighted by molar-refractivity contribution is -0.141. The van der Waals surface area contributed by atoms with Gasteiger partial charge < -0.3 is 15.0 Å². The van der Waals surface area contributed by atoms with Crippen molar-refractivity contribution in [3.05, 3.63) is 59.7 Å². The van der Waals surface area contributed by atoms with Crippen molar-refractivity contribution in [1.82, 2.24) is 14.5 Å². The van der Waals surface area contributed by atoms with Gasteiger partial charge in [-0.05, 0) is 48.6 Å². The van der Waals surface area contributed by atoms with Crippen LogP contribution in [0.4, 0.5) is 0 Å². The smallest absolute Gasteiger partial charge is 0.269 e. The number of benzene rings is 2. The molecule has 9 nitrogen and oxygen atoms in total. The van der Waals surface area contributed by atoms with Gasteiger partial charge in [0.1, 0.15) is 16.7 Å². The van der Waals surface area contributed by atoms with Crippen molar-refractivity contribution in [1.29, 1.82) is 0 Å². The Morgan fingerprint density at radius 3 is 2.49 bits per heavy atom. The van der Waals surface area contributed by atoms with E-state index in [2.05, 4.69) is 5.32 Å². The highest BCUT2D eigenvalue weighted by Crippen LogP contribution is 2.30. The van der Waals surface area contributed by atoms with Gasteiger partial charge >= 0.3 is 0 Å². The first kappa shape index (κ1) is 28.2. The fourth-order valence-electron chi connectivity index (χ4n) is 4.28. The number of hydrogen-bond acceptors (Lipinski definition) is 6. The molecule has 1 atom stereocenters. The molecule has 2 aromatic carbocycles. The number of carbonyl (C=O) groups excluding carboxylic acids is 3. The van der Waals surface area contributed by atoms with Gasteiger partial charge in [-0.15, -0.1) is 0 Å². The van der Waals surface area contributed by atoms with Gasteiger partial charge in [0, 0.05) is 26.1 Å². The van der Waals surface area contributed by atoms with Gasteiger partial charge in [0.05, 0.1) is 12.7 Å². The summed E-state index contributed by atoms with van der Waals surface area (Å²) in [5.41, 5.74) is 0.942. The molecule has 200 valence electrons. The Balaban J connectivity index is 1.75. The highest BCUT2D eigenvalue weighted by molar-refractivity contribution is 7.90. The minimum atomic E-state index is -3.94. The molecule has 1 aliphatic heterocycles. The van der Waals surface area contributed by atoms with Crippen LogP contribution >= 0.6 is 0 Å². The average molecular weight is 530 g/mol. The van der Waals surface area contributed by atoms with E-state index in [0.29, 0.717) is 18.7 Å².